The van der Waals surface area contributed by atoms with Crippen LogP contribution in [-0.2, 0) is 6.42 Å². The summed E-state index contributed by atoms with van der Waals surface area (Å²) < 4.78 is 5.50. The minimum Gasteiger partial charge on any atom is -0.477 e. The summed E-state index contributed by atoms with van der Waals surface area (Å²) in [5.74, 6) is 1.21. The minimum absolute atomic E-state index is 0.436. The second kappa shape index (κ2) is 8.03. The van der Waals surface area contributed by atoms with Crippen molar-refractivity contribution in [3.63, 3.8) is 0 Å². The van der Waals surface area contributed by atoms with E-state index in [9.17, 15) is 0 Å². The van der Waals surface area contributed by atoms with Crippen molar-refractivity contribution in [3.8, 4) is 5.88 Å². The molecular weight excluding hydrogens is 226 g/mol. The maximum atomic E-state index is 5.50. The number of hydrogen-bond donors (Lipinski definition) is 1. The van der Waals surface area contributed by atoms with Crippen LogP contribution in [0, 0.1) is 5.92 Å². The van der Waals surface area contributed by atoms with Gasteiger partial charge in [0.2, 0.25) is 5.88 Å². The fourth-order valence-corrected chi connectivity index (χ4v) is 1.79. The van der Waals surface area contributed by atoms with Crippen LogP contribution in [0.25, 0.3) is 0 Å². The molecule has 0 aliphatic heterocycles. The molecule has 0 saturated heterocycles. The second-order valence-electron chi connectivity index (χ2n) is 4.81. The Bertz CT molecular complexity index is 342. The Morgan fingerprint density at radius 2 is 2.06 bits per heavy atom. The van der Waals surface area contributed by atoms with E-state index in [1.54, 1.807) is 6.20 Å². The maximum Gasteiger partial charge on any atom is 0.232 e. The van der Waals surface area contributed by atoms with Crippen molar-refractivity contribution in [2.45, 2.75) is 46.6 Å². The van der Waals surface area contributed by atoms with Crippen molar-refractivity contribution in [3.05, 3.63) is 18.1 Å². The normalized spacial score (nSPS) is 12.7. The van der Waals surface area contributed by atoms with E-state index in [1.165, 1.54) is 0 Å². The van der Waals surface area contributed by atoms with Gasteiger partial charge in [0.25, 0.3) is 0 Å². The lowest BCUT2D eigenvalue weighted by Crippen LogP contribution is -2.35. The molecule has 1 rings (SSSR count). The van der Waals surface area contributed by atoms with Crippen LogP contribution in [0.15, 0.2) is 12.4 Å². The molecule has 1 atom stereocenters. The maximum absolute atomic E-state index is 5.50. The predicted octanol–water partition coefficient (Wildman–Crippen LogP) is 2.44. The van der Waals surface area contributed by atoms with E-state index in [-0.39, 0.29) is 0 Å². The SMILES string of the molecule is CCCOc1cncc(CC(NCC)C(C)C)n1. The zero-order chi connectivity index (χ0) is 13.4. The van der Waals surface area contributed by atoms with Crippen LogP contribution in [0.2, 0.25) is 0 Å². The van der Waals surface area contributed by atoms with Crippen molar-refractivity contribution in [2.24, 2.45) is 5.92 Å². The molecule has 0 spiro atoms. The van der Waals surface area contributed by atoms with Crippen LogP contribution in [0.4, 0.5) is 0 Å². The standard InChI is InChI=1S/C14H25N3O/c1-5-7-18-14-10-15-9-12(17-14)8-13(11(3)4)16-6-2/h9-11,13,16H,5-8H2,1-4H3. The Kier molecular flexibility index (Phi) is 6.65. The summed E-state index contributed by atoms with van der Waals surface area (Å²) in [6.07, 6.45) is 5.38. The van der Waals surface area contributed by atoms with Crippen LogP contribution in [0.1, 0.15) is 39.8 Å². The molecule has 4 heteroatoms. The predicted molar refractivity (Wildman–Crippen MR) is 73.8 cm³/mol. The van der Waals surface area contributed by atoms with Gasteiger partial charge in [0.1, 0.15) is 0 Å². The van der Waals surface area contributed by atoms with E-state index in [1.807, 2.05) is 6.20 Å². The first kappa shape index (κ1) is 14.9. The molecule has 1 aromatic rings. The second-order valence-corrected chi connectivity index (χ2v) is 4.81. The Hall–Kier alpha value is -1.16. The monoisotopic (exact) mass is 251 g/mol. The Balaban J connectivity index is 2.64. The number of rotatable bonds is 8. The van der Waals surface area contributed by atoms with Crippen LogP contribution in [-0.4, -0.2) is 29.2 Å². The number of aromatic nitrogens is 2. The van der Waals surface area contributed by atoms with E-state index >= 15 is 0 Å². The van der Waals surface area contributed by atoms with E-state index in [2.05, 4.69) is 43.0 Å². The molecule has 1 aromatic heterocycles. The van der Waals surface area contributed by atoms with Gasteiger partial charge in [-0.05, 0) is 18.9 Å². The largest absolute Gasteiger partial charge is 0.477 e. The molecule has 0 bridgehead atoms. The van der Waals surface area contributed by atoms with Crippen molar-refractivity contribution in [1.82, 2.24) is 15.3 Å². The summed E-state index contributed by atoms with van der Waals surface area (Å²) in [4.78, 5) is 8.68. The number of likely N-dealkylation sites (N-methyl/N-ethyl adjacent to an activating group) is 1. The van der Waals surface area contributed by atoms with Gasteiger partial charge in [0.05, 0.1) is 18.5 Å². The average molecular weight is 251 g/mol. The molecule has 4 nitrogen and oxygen atoms in total. The molecule has 102 valence electrons. The molecule has 1 heterocycles. The zero-order valence-electron chi connectivity index (χ0n) is 11.9. The molecule has 0 aromatic carbocycles. The van der Waals surface area contributed by atoms with Gasteiger partial charge in [-0.3, -0.25) is 4.98 Å². The smallest absolute Gasteiger partial charge is 0.232 e. The molecule has 0 saturated carbocycles. The van der Waals surface area contributed by atoms with E-state index < -0.39 is 0 Å². The molecule has 0 aliphatic rings. The first-order valence-corrected chi connectivity index (χ1v) is 6.84. The van der Waals surface area contributed by atoms with Gasteiger partial charge in [0.15, 0.2) is 0 Å². The first-order valence-electron chi connectivity index (χ1n) is 6.84. The zero-order valence-corrected chi connectivity index (χ0v) is 11.9. The van der Waals surface area contributed by atoms with Crippen molar-refractivity contribution >= 4 is 0 Å². The van der Waals surface area contributed by atoms with Crippen LogP contribution in [0.5, 0.6) is 5.88 Å². The summed E-state index contributed by atoms with van der Waals surface area (Å²) in [7, 11) is 0. The van der Waals surface area contributed by atoms with Crippen molar-refractivity contribution in [1.29, 1.82) is 0 Å². The van der Waals surface area contributed by atoms with E-state index in [0.717, 1.165) is 25.1 Å². The van der Waals surface area contributed by atoms with Crippen LogP contribution < -0.4 is 10.1 Å². The highest BCUT2D eigenvalue weighted by Gasteiger charge is 2.14. The summed E-state index contributed by atoms with van der Waals surface area (Å²) in [5, 5.41) is 3.48. The quantitative estimate of drug-likeness (QED) is 0.771. The summed E-state index contributed by atoms with van der Waals surface area (Å²) in [6.45, 7) is 10.3. The van der Waals surface area contributed by atoms with Gasteiger partial charge in [-0.25, -0.2) is 4.98 Å². The van der Waals surface area contributed by atoms with Crippen molar-refractivity contribution in [2.75, 3.05) is 13.2 Å². The molecule has 0 aliphatic carbocycles. The van der Waals surface area contributed by atoms with Crippen molar-refractivity contribution < 1.29 is 4.74 Å². The summed E-state index contributed by atoms with van der Waals surface area (Å²) in [5.41, 5.74) is 0.989. The van der Waals surface area contributed by atoms with Gasteiger partial charge < -0.3 is 10.1 Å². The highest BCUT2D eigenvalue weighted by molar-refractivity contribution is 5.09. The molecule has 1 unspecified atom stereocenters. The first-order chi connectivity index (χ1) is 8.67. The molecule has 0 amide bonds. The number of ether oxygens (including phenoxy) is 1. The number of hydrogen-bond acceptors (Lipinski definition) is 4. The fraction of sp³-hybridized carbons (Fsp3) is 0.714. The third-order valence-corrected chi connectivity index (χ3v) is 2.82. The molecule has 1 N–H and O–H groups in total. The Labute approximate surface area is 110 Å². The Morgan fingerprint density at radius 3 is 2.67 bits per heavy atom. The molecule has 0 fully saturated rings. The summed E-state index contributed by atoms with van der Waals surface area (Å²) >= 11 is 0. The number of nitrogens with one attached hydrogen (secondary N) is 1. The molecular formula is C14H25N3O. The molecule has 0 radical (unpaired) electrons. The van der Waals surface area contributed by atoms with Gasteiger partial charge in [0, 0.05) is 18.7 Å². The Morgan fingerprint density at radius 1 is 1.28 bits per heavy atom. The molecule has 18 heavy (non-hydrogen) atoms. The van der Waals surface area contributed by atoms with Gasteiger partial charge in [-0.15, -0.1) is 0 Å². The van der Waals surface area contributed by atoms with Gasteiger partial charge in [-0.1, -0.05) is 27.7 Å². The third-order valence-electron chi connectivity index (χ3n) is 2.82. The van der Waals surface area contributed by atoms with Gasteiger partial charge in [-0.2, -0.15) is 0 Å². The lowest BCUT2D eigenvalue weighted by molar-refractivity contribution is 0.301. The van der Waals surface area contributed by atoms with E-state index in [4.69, 9.17) is 4.74 Å². The topological polar surface area (TPSA) is 47.0 Å². The third kappa shape index (κ3) is 5.00. The summed E-state index contributed by atoms with van der Waals surface area (Å²) in [6, 6.07) is 0.436. The van der Waals surface area contributed by atoms with Gasteiger partial charge >= 0.3 is 0 Å². The van der Waals surface area contributed by atoms with Crippen LogP contribution in [0.3, 0.4) is 0 Å². The lowest BCUT2D eigenvalue weighted by Gasteiger charge is -2.21. The van der Waals surface area contributed by atoms with E-state index in [0.29, 0.717) is 24.4 Å². The highest BCUT2D eigenvalue weighted by Crippen LogP contribution is 2.11. The lowest BCUT2D eigenvalue weighted by atomic mass is 9.99. The fourth-order valence-electron chi connectivity index (χ4n) is 1.79. The number of nitrogens with zero attached hydrogens (tertiary/aromatic N) is 2. The minimum atomic E-state index is 0.436. The average Bonchev–Trinajstić information content (AvgIpc) is 2.36. The van der Waals surface area contributed by atoms with Crippen LogP contribution >= 0.6 is 0 Å². The highest BCUT2D eigenvalue weighted by atomic mass is 16.5.